The van der Waals surface area contributed by atoms with E-state index in [4.69, 9.17) is 9.47 Å². The average Bonchev–Trinajstić information content (AvgIpc) is 2.59. The highest BCUT2D eigenvalue weighted by molar-refractivity contribution is 7.99. The zero-order valence-electron chi connectivity index (χ0n) is 13.6. The molecule has 1 aromatic carbocycles. The van der Waals surface area contributed by atoms with Gasteiger partial charge in [0.15, 0.2) is 10.9 Å². The topological polar surface area (TPSA) is 93.3 Å². The molecule has 0 aliphatic heterocycles. The van der Waals surface area contributed by atoms with E-state index in [9.17, 15) is 22.8 Å². The minimum absolute atomic E-state index is 0.264. The molecule has 1 aromatic heterocycles. The molecule has 1 heterocycles. The van der Waals surface area contributed by atoms with Crippen molar-refractivity contribution in [2.45, 2.75) is 11.3 Å². The van der Waals surface area contributed by atoms with E-state index < -0.39 is 23.3 Å². The summed E-state index contributed by atoms with van der Waals surface area (Å²) in [5.41, 5.74) is -1.91. The molecule has 0 spiro atoms. The number of carbonyl (C=O) groups is 1. The summed E-state index contributed by atoms with van der Waals surface area (Å²) in [5.74, 6) is 0.103. The third-order valence-corrected chi connectivity index (χ3v) is 3.91. The lowest BCUT2D eigenvalue weighted by Gasteiger charge is -2.11. The zero-order valence-corrected chi connectivity index (χ0v) is 14.5. The Labute approximate surface area is 149 Å². The van der Waals surface area contributed by atoms with E-state index in [-0.39, 0.29) is 10.9 Å². The number of nitrogens with one attached hydrogen (secondary N) is 2. The zero-order chi connectivity index (χ0) is 19.3. The first-order valence-electron chi connectivity index (χ1n) is 7.06. The third-order valence-electron chi connectivity index (χ3n) is 3.03. The molecule has 0 saturated heterocycles. The molecule has 0 fully saturated rings. The number of carbonyl (C=O) groups excluding carboxylic acids is 1. The van der Waals surface area contributed by atoms with Crippen molar-refractivity contribution >= 4 is 23.4 Å². The van der Waals surface area contributed by atoms with Crippen LogP contribution in [0.25, 0.3) is 0 Å². The number of halogens is 3. The first-order chi connectivity index (χ1) is 12.2. The molecule has 11 heteroatoms. The molecule has 7 nitrogen and oxygen atoms in total. The molecule has 26 heavy (non-hydrogen) atoms. The number of aromatic nitrogens is 2. The van der Waals surface area contributed by atoms with Crippen molar-refractivity contribution in [1.29, 1.82) is 0 Å². The number of H-pyrrole nitrogens is 1. The Bertz CT molecular complexity index is 855. The monoisotopic (exact) mass is 389 g/mol. The van der Waals surface area contributed by atoms with Crippen molar-refractivity contribution in [2.75, 3.05) is 25.3 Å². The molecule has 0 saturated carbocycles. The second-order valence-corrected chi connectivity index (χ2v) is 5.80. The Morgan fingerprint density at radius 3 is 2.62 bits per heavy atom. The number of thioether (sulfide) groups is 1. The maximum Gasteiger partial charge on any atom is 0.433 e. The van der Waals surface area contributed by atoms with Crippen LogP contribution >= 0.6 is 11.8 Å². The molecule has 0 aliphatic carbocycles. The number of nitrogens with zero attached hydrogens (tertiary/aromatic N) is 1. The second kappa shape index (κ2) is 8.13. The summed E-state index contributed by atoms with van der Waals surface area (Å²) in [7, 11) is 2.89. The van der Waals surface area contributed by atoms with Gasteiger partial charge in [-0.3, -0.25) is 9.59 Å². The van der Waals surface area contributed by atoms with Gasteiger partial charge in [0.05, 0.1) is 25.7 Å². The lowest BCUT2D eigenvalue weighted by Crippen LogP contribution is -2.18. The molecule has 0 unspecified atom stereocenters. The molecular formula is C15H14F3N3O4S. The number of hydrogen-bond donors (Lipinski definition) is 2. The second-order valence-electron chi connectivity index (χ2n) is 4.84. The highest BCUT2D eigenvalue weighted by Crippen LogP contribution is 2.30. The molecule has 0 bridgehead atoms. The van der Waals surface area contributed by atoms with E-state index in [1.54, 1.807) is 18.2 Å². The van der Waals surface area contributed by atoms with Crippen LogP contribution in [0.4, 0.5) is 18.9 Å². The van der Waals surface area contributed by atoms with Gasteiger partial charge < -0.3 is 19.8 Å². The fourth-order valence-electron chi connectivity index (χ4n) is 1.87. The lowest BCUT2D eigenvalue weighted by molar-refractivity contribution is -0.141. The minimum Gasteiger partial charge on any atom is -0.497 e. The van der Waals surface area contributed by atoms with E-state index in [1.165, 1.54) is 14.2 Å². The fourth-order valence-corrected chi connectivity index (χ4v) is 2.55. The van der Waals surface area contributed by atoms with Crippen LogP contribution in [-0.4, -0.2) is 35.8 Å². The first-order valence-corrected chi connectivity index (χ1v) is 8.04. The van der Waals surface area contributed by atoms with Gasteiger partial charge in [-0.2, -0.15) is 13.2 Å². The van der Waals surface area contributed by atoms with Crippen LogP contribution in [0.1, 0.15) is 5.69 Å². The largest absolute Gasteiger partial charge is 0.497 e. The Balaban J connectivity index is 2.06. The van der Waals surface area contributed by atoms with Crippen molar-refractivity contribution in [1.82, 2.24) is 9.97 Å². The van der Waals surface area contributed by atoms with Crippen LogP contribution in [0.3, 0.4) is 0 Å². The molecule has 2 rings (SSSR count). The highest BCUT2D eigenvalue weighted by Gasteiger charge is 2.33. The van der Waals surface area contributed by atoms with Gasteiger partial charge in [0.1, 0.15) is 11.5 Å². The number of anilines is 1. The number of benzene rings is 1. The summed E-state index contributed by atoms with van der Waals surface area (Å²) in [6.07, 6.45) is -4.75. The number of hydrogen-bond acceptors (Lipinski definition) is 6. The Kier molecular flexibility index (Phi) is 6.14. The Hall–Kier alpha value is -2.69. The van der Waals surface area contributed by atoms with E-state index in [0.29, 0.717) is 35.0 Å². The van der Waals surface area contributed by atoms with Gasteiger partial charge in [0, 0.05) is 12.1 Å². The molecular weight excluding hydrogens is 375 g/mol. The summed E-state index contributed by atoms with van der Waals surface area (Å²) >= 11 is 0.669. The number of amides is 1. The van der Waals surface area contributed by atoms with Crippen LogP contribution < -0.4 is 20.3 Å². The predicted octanol–water partition coefficient (Wildman–Crippen LogP) is 2.54. The maximum absolute atomic E-state index is 12.7. The van der Waals surface area contributed by atoms with E-state index >= 15 is 0 Å². The molecule has 1 amide bonds. The van der Waals surface area contributed by atoms with Crippen LogP contribution in [0.15, 0.2) is 34.2 Å². The first kappa shape index (κ1) is 19.6. The summed E-state index contributed by atoms with van der Waals surface area (Å²) in [4.78, 5) is 28.8. The van der Waals surface area contributed by atoms with Crippen LogP contribution in [-0.2, 0) is 11.0 Å². The van der Waals surface area contributed by atoms with Crippen molar-refractivity contribution < 1.29 is 27.4 Å². The summed E-state index contributed by atoms with van der Waals surface area (Å²) in [6, 6.07) is 5.09. The number of methoxy groups -OCH3 is 2. The standard InChI is InChI=1S/C15H14F3N3O4S/c1-24-8-3-4-9(10(5-8)25-2)19-13(23)7-26-14-20-11(15(16,17)18)6-12(22)21-14/h3-6H,7H2,1-2H3,(H,19,23)(H,20,21,22). The third kappa shape index (κ3) is 5.15. The molecule has 0 aliphatic rings. The summed E-state index contributed by atoms with van der Waals surface area (Å²) in [5, 5.41) is 2.26. The van der Waals surface area contributed by atoms with E-state index in [1.807, 2.05) is 0 Å². The van der Waals surface area contributed by atoms with Gasteiger partial charge in [-0.1, -0.05) is 11.8 Å². The smallest absolute Gasteiger partial charge is 0.433 e. The highest BCUT2D eigenvalue weighted by atomic mass is 32.2. The van der Waals surface area contributed by atoms with E-state index in [0.717, 1.165) is 0 Å². The SMILES string of the molecule is COc1ccc(NC(=O)CSc2nc(C(F)(F)F)cc(=O)[nH]2)c(OC)c1. The fraction of sp³-hybridized carbons (Fsp3) is 0.267. The van der Waals surface area contributed by atoms with Gasteiger partial charge in [0.2, 0.25) is 5.91 Å². The van der Waals surface area contributed by atoms with Gasteiger partial charge in [-0.25, -0.2) is 4.98 Å². The van der Waals surface area contributed by atoms with Crippen molar-refractivity contribution in [3.05, 3.63) is 40.3 Å². The van der Waals surface area contributed by atoms with Crippen molar-refractivity contribution in [3.8, 4) is 11.5 Å². The Morgan fingerprint density at radius 2 is 2.00 bits per heavy atom. The van der Waals surface area contributed by atoms with Gasteiger partial charge in [0.25, 0.3) is 5.56 Å². The molecule has 2 aromatic rings. The number of rotatable bonds is 6. The molecule has 0 atom stereocenters. The van der Waals surface area contributed by atoms with Gasteiger partial charge >= 0.3 is 6.18 Å². The van der Waals surface area contributed by atoms with Crippen LogP contribution in [0.2, 0.25) is 0 Å². The average molecular weight is 389 g/mol. The number of ether oxygens (including phenoxy) is 2. The minimum atomic E-state index is -4.75. The normalized spacial score (nSPS) is 11.1. The number of aromatic amines is 1. The summed E-state index contributed by atoms with van der Waals surface area (Å²) < 4.78 is 48.1. The quantitative estimate of drug-likeness (QED) is 0.583. The molecule has 0 radical (unpaired) electrons. The predicted molar refractivity (Wildman–Crippen MR) is 88.8 cm³/mol. The molecule has 140 valence electrons. The Morgan fingerprint density at radius 1 is 1.27 bits per heavy atom. The van der Waals surface area contributed by atoms with E-state index in [2.05, 4.69) is 15.3 Å². The summed E-state index contributed by atoms with van der Waals surface area (Å²) in [6.45, 7) is 0. The van der Waals surface area contributed by atoms with Gasteiger partial charge in [-0.15, -0.1) is 0 Å². The van der Waals surface area contributed by atoms with Gasteiger partial charge in [-0.05, 0) is 12.1 Å². The van der Waals surface area contributed by atoms with Crippen molar-refractivity contribution in [2.24, 2.45) is 0 Å². The lowest BCUT2D eigenvalue weighted by atomic mass is 10.2. The number of alkyl halides is 3. The molecule has 2 N–H and O–H groups in total. The van der Waals surface area contributed by atoms with Crippen LogP contribution in [0.5, 0.6) is 11.5 Å². The van der Waals surface area contributed by atoms with Crippen molar-refractivity contribution in [3.63, 3.8) is 0 Å². The van der Waals surface area contributed by atoms with Crippen LogP contribution in [0, 0.1) is 0 Å². The maximum atomic E-state index is 12.7.